The number of allylic oxidation sites excluding steroid dienone is 2. The number of guanidine groups is 1. The Morgan fingerprint density at radius 3 is 2.19 bits per heavy atom. The standard InChI is InChI=1S/C22H26Cl2N4O2.HI/c1-25-22(27-7-5-13-9-16(23)12-17(24)10-13)26-6-2-8-28-20(29)18-14-3-4-15(11-14)19(18)21(28)30;/h3-4,9-10,12,14-15,18-19H,2,5-8,11H2,1H3,(H2,25,26,27);1H. The number of halogens is 3. The molecule has 4 unspecified atom stereocenters. The molecule has 2 aliphatic carbocycles. The molecule has 9 heteroatoms. The number of benzene rings is 1. The maximum Gasteiger partial charge on any atom is 0.233 e. The van der Waals surface area contributed by atoms with E-state index in [0.717, 1.165) is 18.4 Å². The molecule has 1 heterocycles. The van der Waals surface area contributed by atoms with Crippen molar-refractivity contribution in [2.45, 2.75) is 19.3 Å². The zero-order valence-corrected chi connectivity index (χ0v) is 21.2. The minimum atomic E-state index is -0.116. The van der Waals surface area contributed by atoms with Crippen molar-refractivity contribution in [2.75, 3.05) is 26.7 Å². The molecule has 1 aromatic rings. The Hall–Kier alpha value is -1.32. The zero-order chi connectivity index (χ0) is 21.3. The van der Waals surface area contributed by atoms with Crippen LogP contribution in [-0.2, 0) is 16.0 Å². The number of amides is 2. The molecule has 1 saturated carbocycles. The molecule has 0 radical (unpaired) electrons. The highest BCUT2D eigenvalue weighted by molar-refractivity contribution is 14.0. The number of nitrogens with one attached hydrogen (secondary N) is 2. The molecule has 0 spiro atoms. The summed E-state index contributed by atoms with van der Waals surface area (Å²) in [5.74, 6) is 1.01. The predicted octanol–water partition coefficient (Wildman–Crippen LogP) is 3.52. The highest BCUT2D eigenvalue weighted by Crippen LogP contribution is 2.52. The molecule has 1 aliphatic heterocycles. The Bertz CT molecular complexity index is 857. The summed E-state index contributed by atoms with van der Waals surface area (Å²) in [6, 6.07) is 5.50. The smallest absolute Gasteiger partial charge is 0.233 e. The van der Waals surface area contributed by atoms with Crippen LogP contribution in [0.4, 0.5) is 0 Å². The van der Waals surface area contributed by atoms with E-state index in [1.165, 1.54) is 4.90 Å². The summed E-state index contributed by atoms with van der Waals surface area (Å²) in [7, 11) is 1.71. The van der Waals surface area contributed by atoms with Crippen molar-refractivity contribution in [1.29, 1.82) is 0 Å². The molecule has 4 atom stereocenters. The van der Waals surface area contributed by atoms with Gasteiger partial charge in [-0.1, -0.05) is 35.4 Å². The van der Waals surface area contributed by atoms with Gasteiger partial charge in [-0.25, -0.2) is 0 Å². The molecular formula is C22H27Cl2IN4O2. The predicted molar refractivity (Wildman–Crippen MR) is 134 cm³/mol. The number of rotatable bonds is 7. The van der Waals surface area contributed by atoms with Gasteiger partial charge in [0.15, 0.2) is 5.96 Å². The van der Waals surface area contributed by atoms with E-state index in [4.69, 9.17) is 23.2 Å². The summed E-state index contributed by atoms with van der Waals surface area (Å²) in [6.07, 6.45) is 6.65. The van der Waals surface area contributed by atoms with Crippen LogP contribution in [-0.4, -0.2) is 49.4 Å². The van der Waals surface area contributed by atoms with E-state index >= 15 is 0 Å². The molecule has 31 heavy (non-hydrogen) atoms. The fourth-order valence-corrected chi connectivity index (χ4v) is 5.50. The normalized spacial score (nSPS) is 26.3. The topological polar surface area (TPSA) is 73.8 Å². The number of aliphatic imine (C=N–C) groups is 1. The first kappa shape index (κ1) is 24.3. The number of carbonyl (C=O) groups is 2. The minimum absolute atomic E-state index is 0. The summed E-state index contributed by atoms with van der Waals surface area (Å²) >= 11 is 12.1. The molecule has 0 aromatic heterocycles. The highest BCUT2D eigenvalue weighted by Gasteiger charge is 2.58. The maximum atomic E-state index is 12.7. The van der Waals surface area contributed by atoms with E-state index in [1.54, 1.807) is 13.1 Å². The second-order valence-electron chi connectivity index (χ2n) is 8.14. The number of carbonyl (C=O) groups excluding carboxylic acids is 2. The molecule has 4 rings (SSSR count). The fraction of sp³-hybridized carbons (Fsp3) is 0.500. The summed E-state index contributed by atoms with van der Waals surface area (Å²) in [6.45, 7) is 1.76. The molecule has 6 nitrogen and oxygen atoms in total. The first-order chi connectivity index (χ1) is 14.5. The number of nitrogens with zero attached hydrogens (tertiary/aromatic N) is 2. The largest absolute Gasteiger partial charge is 0.356 e. The molecular weight excluding hydrogens is 550 g/mol. The van der Waals surface area contributed by atoms with E-state index in [9.17, 15) is 9.59 Å². The number of hydrogen-bond donors (Lipinski definition) is 2. The van der Waals surface area contributed by atoms with Crippen LogP contribution in [0.2, 0.25) is 10.0 Å². The Kier molecular flexibility index (Phi) is 8.26. The Labute approximate surface area is 209 Å². The molecule has 168 valence electrons. The molecule has 1 saturated heterocycles. The van der Waals surface area contributed by atoms with Crippen molar-refractivity contribution in [3.63, 3.8) is 0 Å². The van der Waals surface area contributed by atoms with Gasteiger partial charge in [-0.2, -0.15) is 0 Å². The SMILES string of the molecule is CN=C(NCCCN1C(=O)C2C3C=CC(C3)C2C1=O)NCCc1cc(Cl)cc(Cl)c1.I. The zero-order valence-electron chi connectivity index (χ0n) is 17.3. The van der Waals surface area contributed by atoms with Crippen molar-refractivity contribution in [3.8, 4) is 0 Å². The van der Waals surface area contributed by atoms with Crippen LogP contribution in [0.25, 0.3) is 0 Å². The summed E-state index contributed by atoms with van der Waals surface area (Å²) in [5.41, 5.74) is 1.05. The third-order valence-electron chi connectivity index (χ3n) is 6.26. The second kappa shape index (κ2) is 10.5. The van der Waals surface area contributed by atoms with E-state index in [0.29, 0.717) is 42.1 Å². The number of imide groups is 1. The van der Waals surface area contributed by atoms with E-state index in [2.05, 4.69) is 27.8 Å². The van der Waals surface area contributed by atoms with Crippen molar-refractivity contribution >= 4 is 65.0 Å². The second-order valence-corrected chi connectivity index (χ2v) is 9.01. The van der Waals surface area contributed by atoms with E-state index in [-0.39, 0.29) is 59.5 Å². The van der Waals surface area contributed by atoms with Crippen molar-refractivity contribution in [1.82, 2.24) is 15.5 Å². The van der Waals surface area contributed by atoms with Gasteiger partial charge in [0.2, 0.25) is 11.8 Å². The lowest BCUT2D eigenvalue weighted by Crippen LogP contribution is -2.40. The molecule has 1 aromatic carbocycles. The third-order valence-corrected chi connectivity index (χ3v) is 6.70. The average molecular weight is 577 g/mol. The van der Waals surface area contributed by atoms with Crippen LogP contribution in [0, 0.1) is 23.7 Å². The monoisotopic (exact) mass is 576 g/mol. The maximum absolute atomic E-state index is 12.7. The van der Waals surface area contributed by atoms with Gasteiger partial charge in [-0.3, -0.25) is 19.5 Å². The summed E-state index contributed by atoms with van der Waals surface area (Å²) in [4.78, 5) is 31.1. The third kappa shape index (κ3) is 5.20. The van der Waals surface area contributed by atoms with Gasteiger partial charge in [0.1, 0.15) is 0 Å². The van der Waals surface area contributed by atoms with Gasteiger partial charge in [0.05, 0.1) is 11.8 Å². The molecule has 2 amide bonds. The van der Waals surface area contributed by atoms with Crippen molar-refractivity contribution in [3.05, 3.63) is 46.0 Å². The quantitative estimate of drug-likeness (QED) is 0.130. The van der Waals surface area contributed by atoms with E-state index < -0.39 is 0 Å². The molecule has 2 N–H and O–H groups in total. The van der Waals surface area contributed by atoms with Crippen molar-refractivity contribution in [2.24, 2.45) is 28.7 Å². The van der Waals surface area contributed by atoms with Crippen LogP contribution in [0.15, 0.2) is 35.3 Å². The lowest BCUT2D eigenvalue weighted by atomic mass is 9.85. The summed E-state index contributed by atoms with van der Waals surface area (Å²) < 4.78 is 0. The minimum Gasteiger partial charge on any atom is -0.356 e. The van der Waals surface area contributed by atoms with Crippen LogP contribution in [0.3, 0.4) is 0 Å². The van der Waals surface area contributed by atoms with E-state index in [1.807, 2.05) is 12.1 Å². The van der Waals surface area contributed by atoms with Gasteiger partial charge in [0, 0.05) is 36.7 Å². The van der Waals surface area contributed by atoms with Gasteiger partial charge >= 0.3 is 0 Å². The van der Waals surface area contributed by atoms with Crippen LogP contribution in [0.5, 0.6) is 0 Å². The molecule has 2 bridgehead atoms. The van der Waals surface area contributed by atoms with Crippen LogP contribution in [0.1, 0.15) is 18.4 Å². The first-order valence-electron chi connectivity index (χ1n) is 10.4. The Morgan fingerprint density at radius 2 is 1.61 bits per heavy atom. The van der Waals surface area contributed by atoms with Gasteiger partial charge < -0.3 is 10.6 Å². The average Bonchev–Trinajstić information content (AvgIpc) is 3.38. The van der Waals surface area contributed by atoms with Gasteiger partial charge in [0.25, 0.3) is 0 Å². The lowest BCUT2D eigenvalue weighted by molar-refractivity contribution is -0.140. The van der Waals surface area contributed by atoms with Crippen molar-refractivity contribution < 1.29 is 9.59 Å². The van der Waals surface area contributed by atoms with Gasteiger partial charge in [-0.05, 0) is 54.9 Å². The summed E-state index contributed by atoms with van der Waals surface area (Å²) in [5, 5.41) is 7.74. The molecule has 2 fully saturated rings. The highest BCUT2D eigenvalue weighted by atomic mass is 127. The Balaban J connectivity index is 0.00000272. The fourth-order valence-electron chi connectivity index (χ4n) is 4.93. The number of fused-ring (bicyclic) bond motifs is 5. The van der Waals surface area contributed by atoms with Gasteiger partial charge in [-0.15, -0.1) is 24.0 Å². The number of likely N-dealkylation sites (tertiary alicyclic amines) is 1. The molecule has 3 aliphatic rings. The van der Waals surface area contributed by atoms with Crippen LogP contribution >= 0.6 is 47.2 Å². The number of hydrogen-bond acceptors (Lipinski definition) is 3. The Morgan fingerprint density at radius 1 is 1.03 bits per heavy atom. The lowest BCUT2D eigenvalue weighted by Gasteiger charge is -2.18. The first-order valence-corrected chi connectivity index (χ1v) is 11.2. The van der Waals surface area contributed by atoms with Crippen LogP contribution < -0.4 is 10.6 Å².